The average molecular weight is 345 g/mol. The molecule has 0 fully saturated rings. The van der Waals surface area contributed by atoms with Gasteiger partial charge in [0.15, 0.2) is 5.75 Å². The lowest BCUT2D eigenvalue weighted by Crippen LogP contribution is -2.02. The zero-order chi connectivity index (χ0) is 18.6. The van der Waals surface area contributed by atoms with E-state index in [2.05, 4.69) is 0 Å². The average Bonchev–Trinajstić information content (AvgIpc) is 2.59. The molecule has 0 bridgehead atoms. The van der Waals surface area contributed by atoms with Crippen LogP contribution in [0.4, 0.5) is 5.69 Å². The number of hydrogen-bond acceptors (Lipinski definition) is 6. The molecule has 0 saturated heterocycles. The first-order valence-electron chi connectivity index (χ1n) is 7.02. The maximum absolute atomic E-state index is 11.7. The molecule has 25 heavy (non-hydrogen) atoms. The van der Waals surface area contributed by atoms with Crippen LogP contribution in [-0.2, 0) is 4.79 Å². The van der Waals surface area contributed by atoms with Gasteiger partial charge in [0.2, 0.25) is 0 Å². The lowest BCUT2D eigenvalue weighted by atomic mass is 10.0. The molecule has 0 unspecified atom stereocenters. The topological polar surface area (TPSA) is 119 Å². The molecule has 130 valence electrons. The standard InChI is InChI=1S/C17H15NO7/c1-24-11-4-6-16(25-2)12(9-11)13(17(20)21)7-10-3-5-15(19)14(8-10)18(22)23/h3-9,19H,1-2H3,(H,20,21)/b13-7-. The molecule has 2 aromatic rings. The summed E-state index contributed by atoms with van der Waals surface area (Å²) in [6, 6.07) is 8.26. The summed E-state index contributed by atoms with van der Waals surface area (Å²) in [5, 5.41) is 30.0. The molecule has 0 radical (unpaired) electrons. The number of nitrogens with zero attached hydrogens (tertiary/aromatic N) is 1. The van der Waals surface area contributed by atoms with E-state index in [4.69, 9.17) is 9.47 Å². The van der Waals surface area contributed by atoms with Crippen LogP contribution in [0, 0.1) is 10.1 Å². The molecular formula is C17H15NO7. The molecule has 0 aliphatic carbocycles. The molecule has 8 heteroatoms. The quantitative estimate of drug-likeness (QED) is 0.357. The third-order valence-electron chi connectivity index (χ3n) is 3.43. The first-order chi connectivity index (χ1) is 11.9. The van der Waals surface area contributed by atoms with E-state index < -0.39 is 22.3 Å². The number of phenolic OH excluding ortho intramolecular Hbond substituents is 1. The monoisotopic (exact) mass is 345 g/mol. The van der Waals surface area contributed by atoms with Crippen molar-refractivity contribution in [3.63, 3.8) is 0 Å². The maximum atomic E-state index is 11.7. The number of phenols is 1. The molecule has 2 rings (SSSR count). The molecule has 0 spiro atoms. The summed E-state index contributed by atoms with van der Waals surface area (Å²) in [6.07, 6.45) is 1.26. The fraction of sp³-hybridized carbons (Fsp3) is 0.118. The number of ether oxygens (including phenoxy) is 2. The fourth-order valence-corrected chi connectivity index (χ4v) is 2.22. The second-order valence-electron chi connectivity index (χ2n) is 4.93. The van der Waals surface area contributed by atoms with Crippen LogP contribution in [0.2, 0.25) is 0 Å². The van der Waals surface area contributed by atoms with Crippen molar-refractivity contribution in [1.82, 2.24) is 0 Å². The van der Waals surface area contributed by atoms with Gasteiger partial charge >= 0.3 is 11.7 Å². The van der Waals surface area contributed by atoms with Gasteiger partial charge in [0.05, 0.1) is 24.7 Å². The Morgan fingerprint density at radius 3 is 2.44 bits per heavy atom. The molecule has 2 N–H and O–H groups in total. The molecule has 0 aliphatic rings. The van der Waals surface area contributed by atoms with Gasteiger partial charge in [-0.15, -0.1) is 0 Å². The van der Waals surface area contributed by atoms with Crippen molar-refractivity contribution in [2.75, 3.05) is 14.2 Å². The van der Waals surface area contributed by atoms with Crippen molar-refractivity contribution < 1.29 is 29.4 Å². The summed E-state index contributed by atoms with van der Waals surface area (Å²) < 4.78 is 10.3. The molecule has 0 saturated carbocycles. The maximum Gasteiger partial charge on any atom is 0.336 e. The van der Waals surface area contributed by atoms with Crippen LogP contribution >= 0.6 is 0 Å². The zero-order valence-corrected chi connectivity index (χ0v) is 13.4. The van der Waals surface area contributed by atoms with Gasteiger partial charge in [-0.25, -0.2) is 4.79 Å². The second kappa shape index (κ2) is 7.35. The molecule has 0 aliphatic heterocycles. The predicted molar refractivity (Wildman–Crippen MR) is 89.8 cm³/mol. The van der Waals surface area contributed by atoms with Crippen LogP contribution in [0.15, 0.2) is 36.4 Å². The van der Waals surface area contributed by atoms with Crippen molar-refractivity contribution >= 4 is 23.3 Å². The van der Waals surface area contributed by atoms with Crippen LogP contribution < -0.4 is 9.47 Å². The van der Waals surface area contributed by atoms with E-state index in [0.29, 0.717) is 11.5 Å². The number of rotatable bonds is 6. The van der Waals surface area contributed by atoms with E-state index in [1.165, 1.54) is 32.4 Å². The number of hydrogen-bond donors (Lipinski definition) is 2. The Kier molecular flexibility index (Phi) is 5.23. The van der Waals surface area contributed by atoms with Crippen LogP contribution in [0.25, 0.3) is 11.6 Å². The van der Waals surface area contributed by atoms with Crippen LogP contribution in [0.3, 0.4) is 0 Å². The Labute approximate surface area is 142 Å². The molecule has 0 aromatic heterocycles. The van der Waals surface area contributed by atoms with Crippen molar-refractivity contribution in [1.29, 1.82) is 0 Å². The molecule has 0 amide bonds. The summed E-state index contributed by atoms with van der Waals surface area (Å²) >= 11 is 0. The number of carboxylic acid groups (broad SMARTS) is 1. The summed E-state index contributed by atoms with van der Waals surface area (Å²) in [6.45, 7) is 0. The van der Waals surface area contributed by atoms with E-state index in [9.17, 15) is 25.1 Å². The molecule has 2 aromatic carbocycles. The number of carboxylic acids is 1. The first kappa shape index (κ1) is 17.8. The minimum atomic E-state index is -1.25. The number of carbonyl (C=O) groups is 1. The largest absolute Gasteiger partial charge is 0.502 e. The van der Waals surface area contributed by atoms with Gasteiger partial charge in [-0.3, -0.25) is 10.1 Å². The van der Waals surface area contributed by atoms with Gasteiger partial charge in [-0.1, -0.05) is 6.07 Å². The Hall–Kier alpha value is -3.55. The number of aromatic hydroxyl groups is 1. The van der Waals surface area contributed by atoms with E-state index in [1.807, 2.05) is 0 Å². The van der Waals surface area contributed by atoms with E-state index in [-0.39, 0.29) is 16.7 Å². The van der Waals surface area contributed by atoms with E-state index >= 15 is 0 Å². The number of methoxy groups -OCH3 is 2. The Morgan fingerprint density at radius 1 is 1.16 bits per heavy atom. The third kappa shape index (κ3) is 3.86. The lowest BCUT2D eigenvalue weighted by molar-refractivity contribution is -0.385. The van der Waals surface area contributed by atoms with Gasteiger partial charge in [0.25, 0.3) is 0 Å². The van der Waals surface area contributed by atoms with Crippen LogP contribution in [0.1, 0.15) is 11.1 Å². The number of benzene rings is 2. The third-order valence-corrected chi connectivity index (χ3v) is 3.43. The molecular weight excluding hydrogens is 330 g/mol. The highest BCUT2D eigenvalue weighted by molar-refractivity contribution is 6.21. The minimum Gasteiger partial charge on any atom is -0.502 e. The van der Waals surface area contributed by atoms with E-state index in [1.54, 1.807) is 12.1 Å². The smallest absolute Gasteiger partial charge is 0.336 e. The van der Waals surface area contributed by atoms with Crippen molar-refractivity contribution in [2.45, 2.75) is 0 Å². The number of nitro benzene ring substituents is 1. The summed E-state index contributed by atoms with van der Waals surface area (Å²) in [7, 11) is 2.84. The summed E-state index contributed by atoms with van der Waals surface area (Å²) in [5.41, 5.74) is -0.163. The van der Waals surface area contributed by atoms with Gasteiger partial charge in [-0.05, 0) is 35.9 Å². The normalized spacial score (nSPS) is 11.0. The lowest BCUT2D eigenvalue weighted by Gasteiger charge is -2.11. The van der Waals surface area contributed by atoms with Crippen molar-refractivity contribution in [2.24, 2.45) is 0 Å². The Bertz CT molecular complexity index is 858. The molecule has 8 nitrogen and oxygen atoms in total. The summed E-state index contributed by atoms with van der Waals surface area (Å²) in [5.74, 6) is -1.01. The van der Waals surface area contributed by atoms with Crippen molar-refractivity contribution in [3.05, 3.63) is 57.6 Å². The van der Waals surface area contributed by atoms with Gasteiger partial charge in [0.1, 0.15) is 11.5 Å². The van der Waals surface area contributed by atoms with E-state index in [0.717, 1.165) is 12.1 Å². The van der Waals surface area contributed by atoms with Crippen LogP contribution in [0.5, 0.6) is 17.2 Å². The SMILES string of the molecule is COc1ccc(OC)c(/C(=C/c2ccc(O)c([N+](=O)[O-])c2)C(=O)O)c1. The van der Waals surface area contributed by atoms with Gasteiger partial charge in [-0.2, -0.15) is 0 Å². The van der Waals surface area contributed by atoms with Gasteiger partial charge in [0, 0.05) is 11.6 Å². The minimum absolute atomic E-state index is 0.143. The summed E-state index contributed by atoms with van der Waals surface area (Å²) in [4.78, 5) is 21.9. The highest BCUT2D eigenvalue weighted by Gasteiger charge is 2.18. The second-order valence-corrected chi connectivity index (χ2v) is 4.93. The molecule has 0 atom stereocenters. The number of aliphatic carboxylic acids is 1. The molecule has 0 heterocycles. The van der Waals surface area contributed by atoms with Gasteiger partial charge < -0.3 is 19.7 Å². The Balaban J connectivity index is 2.63. The highest BCUT2D eigenvalue weighted by Crippen LogP contribution is 2.33. The zero-order valence-electron chi connectivity index (χ0n) is 13.4. The predicted octanol–water partition coefficient (Wildman–Crippen LogP) is 2.94. The first-order valence-corrected chi connectivity index (χ1v) is 7.02. The van der Waals surface area contributed by atoms with Crippen LogP contribution in [-0.4, -0.2) is 35.3 Å². The number of nitro groups is 1. The Morgan fingerprint density at radius 2 is 1.88 bits per heavy atom. The highest BCUT2D eigenvalue weighted by atomic mass is 16.6. The fourth-order valence-electron chi connectivity index (χ4n) is 2.22. The van der Waals surface area contributed by atoms with Crippen molar-refractivity contribution in [3.8, 4) is 17.2 Å².